The predicted molar refractivity (Wildman–Crippen MR) is 72.1 cm³/mol. The molecule has 2 aliphatic carbocycles. The molecule has 2 rings (SSSR count). The lowest BCUT2D eigenvalue weighted by atomic mass is 9.85. The molecule has 2 aliphatic rings. The quantitative estimate of drug-likeness (QED) is 0.754. The number of aliphatic hydroxyl groups is 1. The second kappa shape index (κ2) is 6.93. The van der Waals surface area contributed by atoms with Crippen molar-refractivity contribution >= 4 is 5.91 Å². The molecule has 0 aromatic carbocycles. The molecule has 3 heteroatoms. The molecule has 2 N–H and O–H groups in total. The normalized spacial score (nSPS) is 26.8. The van der Waals surface area contributed by atoms with Gasteiger partial charge in [0, 0.05) is 12.5 Å². The maximum Gasteiger partial charge on any atom is 0.223 e. The Morgan fingerprint density at radius 3 is 2.67 bits per heavy atom. The van der Waals surface area contributed by atoms with Gasteiger partial charge in [-0.2, -0.15) is 0 Å². The zero-order chi connectivity index (χ0) is 12.8. The van der Waals surface area contributed by atoms with Gasteiger partial charge in [0.05, 0.1) is 6.10 Å². The van der Waals surface area contributed by atoms with Crippen molar-refractivity contribution in [3.63, 3.8) is 0 Å². The number of hydrogen-bond acceptors (Lipinski definition) is 2. The number of carbonyl (C=O) groups is 1. The highest BCUT2D eigenvalue weighted by atomic mass is 16.3. The first-order valence-electron chi connectivity index (χ1n) is 7.38. The van der Waals surface area contributed by atoms with Gasteiger partial charge in [-0.05, 0) is 38.0 Å². The molecular formula is C15H25NO2. The van der Waals surface area contributed by atoms with Crippen molar-refractivity contribution in [1.82, 2.24) is 5.32 Å². The first-order valence-corrected chi connectivity index (χ1v) is 7.38. The van der Waals surface area contributed by atoms with Gasteiger partial charge in [-0.25, -0.2) is 0 Å². The lowest BCUT2D eigenvalue weighted by molar-refractivity contribution is -0.125. The molecule has 0 aromatic rings. The predicted octanol–water partition coefficient (Wildman–Crippen LogP) is 2.40. The van der Waals surface area contributed by atoms with E-state index < -0.39 is 0 Å². The second-order valence-corrected chi connectivity index (χ2v) is 5.69. The molecule has 0 heterocycles. The van der Waals surface area contributed by atoms with E-state index in [0.717, 1.165) is 32.1 Å². The Balaban J connectivity index is 1.69. The smallest absolute Gasteiger partial charge is 0.223 e. The summed E-state index contributed by atoms with van der Waals surface area (Å²) in [6.07, 6.45) is 12.7. The molecule has 102 valence electrons. The maximum atomic E-state index is 11.9. The van der Waals surface area contributed by atoms with Gasteiger partial charge >= 0.3 is 0 Å². The van der Waals surface area contributed by atoms with Crippen LogP contribution < -0.4 is 5.32 Å². The summed E-state index contributed by atoms with van der Waals surface area (Å²) in [5.74, 6) is 0.632. The topological polar surface area (TPSA) is 49.3 Å². The SMILES string of the molecule is O=C(NC[C@@H](O)C1CCCCC1)[C@@H]1CC=CCC1. The number of rotatable bonds is 4. The van der Waals surface area contributed by atoms with Gasteiger partial charge in [0.2, 0.25) is 5.91 Å². The Labute approximate surface area is 110 Å². The molecule has 1 saturated carbocycles. The van der Waals surface area contributed by atoms with Crippen molar-refractivity contribution < 1.29 is 9.90 Å². The molecule has 0 unspecified atom stereocenters. The van der Waals surface area contributed by atoms with Crippen LogP contribution in [0.4, 0.5) is 0 Å². The molecule has 2 atom stereocenters. The minimum absolute atomic E-state index is 0.119. The zero-order valence-corrected chi connectivity index (χ0v) is 11.1. The van der Waals surface area contributed by atoms with Gasteiger partial charge in [-0.15, -0.1) is 0 Å². The van der Waals surface area contributed by atoms with E-state index in [2.05, 4.69) is 17.5 Å². The van der Waals surface area contributed by atoms with Crippen LogP contribution in [0.15, 0.2) is 12.2 Å². The first kappa shape index (κ1) is 13.6. The molecule has 0 saturated heterocycles. The highest BCUT2D eigenvalue weighted by Crippen LogP contribution is 2.26. The monoisotopic (exact) mass is 251 g/mol. The third-order valence-electron chi connectivity index (χ3n) is 4.32. The van der Waals surface area contributed by atoms with E-state index in [1.165, 1.54) is 19.3 Å². The lowest BCUT2D eigenvalue weighted by Crippen LogP contribution is -2.39. The Hall–Kier alpha value is -0.830. The summed E-state index contributed by atoms with van der Waals surface area (Å²) in [6, 6.07) is 0. The highest BCUT2D eigenvalue weighted by molar-refractivity contribution is 5.78. The molecule has 0 aromatic heterocycles. The number of hydrogen-bond donors (Lipinski definition) is 2. The summed E-state index contributed by atoms with van der Waals surface area (Å²) in [7, 11) is 0. The third kappa shape index (κ3) is 3.84. The third-order valence-corrected chi connectivity index (χ3v) is 4.32. The first-order chi connectivity index (χ1) is 8.77. The minimum Gasteiger partial charge on any atom is -0.391 e. The van der Waals surface area contributed by atoms with E-state index in [1.807, 2.05) is 0 Å². The average molecular weight is 251 g/mol. The largest absolute Gasteiger partial charge is 0.391 e. The van der Waals surface area contributed by atoms with Gasteiger partial charge in [-0.3, -0.25) is 4.79 Å². The fourth-order valence-corrected chi connectivity index (χ4v) is 3.07. The average Bonchev–Trinajstić information content (AvgIpc) is 2.46. The summed E-state index contributed by atoms with van der Waals surface area (Å²) in [5.41, 5.74) is 0. The molecule has 0 spiro atoms. The summed E-state index contributed by atoms with van der Waals surface area (Å²) < 4.78 is 0. The minimum atomic E-state index is -0.353. The van der Waals surface area contributed by atoms with Crippen LogP contribution >= 0.6 is 0 Å². The van der Waals surface area contributed by atoms with Crippen molar-refractivity contribution in [2.45, 2.75) is 57.5 Å². The molecule has 0 aliphatic heterocycles. The van der Waals surface area contributed by atoms with E-state index in [-0.39, 0.29) is 17.9 Å². The van der Waals surface area contributed by atoms with Gasteiger partial charge in [0.25, 0.3) is 0 Å². The number of allylic oxidation sites excluding steroid dienone is 2. The van der Waals surface area contributed by atoms with E-state index in [9.17, 15) is 9.90 Å². The van der Waals surface area contributed by atoms with Crippen molar-refractivity contribution in [1.29, 1.82) is 0 Å². The summed E-state index contributed by atoms with van der Waals surface area (Å²) >= 11 is 0. The summed E-state index contributed by atoms with van der Waals surface area (Å²) in [4.78, 5) is 11.9. The van der Waals surface area contributed by atoms with E-state index in [1.54, 1.807) is 0 Å². The van der Waals surface area contributed by atoms with Crippen molar-refractivity contribution in [3.8, 4) is 0 Å². The van der Waals surface area contributed by atoms with Crippen LogP contribution in [-0.4, -0.2) is 23.7 Å². The van der Waals surface area contributed by atoms with Crippen molar-refractivity contribution in [2.24, 2.45) is 11.8 Å². The fourth-order valence-electron chi connectivity index (χ4n) is 3.07. The second-order valence-electron chi connectivity index (χ2n) is 5.69. The Morgan fingerprint density at radius 1 is 1.22 bits per heavy atom. The van der Waals surface area contributed by atoms with Crippen LogP contribution in [-0.2, 0) is 4.79 Å². The van der Waals surface area contributed by atoms with Gasteiger partial charge in [0.1, 0.15) is 0 Å². The van der Waals surface area contributed by atoms with Crippen LogP contribution in [0.5, 0.6) is 0 Å². The highest BCUT2D eigenvalue weighted by Gasteiger charge is 2.24. The molecule has 0 radical (unpaired) electrons. The molecule has 0 bridgehead atoms. The summed E-state index contributed by atoms with van der Waals surface area (Å²) in [5, 5.41) is 13.0. The van der Waals surface area contributed by atoms with E-state index in [0.29, 0.717) is 12.5 Å². The maximum absolute atomic E-state index is 11.9. The van der Waals surface area contributed by atoms with E-state index >= 15 is 0 Å². The van der Waals surface area contributed by atoms with Crippen LogP contribution in [0.3, 0.4) is 0 Å². The number of amides is 1. The van der Waals surface area contributed by atoms with Gasteiger partial charge in [0.15, 0.2) is 0 Å². The Bertz CT molecular complexity index is 295. The molecular weight excluding hydrogens is 226 g/mol. The number of nitrogens with one attached hydrogen (secondary N) is 1. The molecule has 18 heavy (non-hydrogen) atoms. The van der Waals surface area contributed by atoms with Crippen molar-refractivity contribution in [2.75, 3.05) is 6.54 Å². The van der Waals surface area contributed by atoms with Crippen LogP contribution in [0.2, 0.25) is 0 Å². The molecule has 1 amide bonds. The van der Waals surface area contributed by atoms with Crippen molar-refractivity contribution in [3.05, 3.63) is 12.2 Å². The molecule has 1 fully saturated rings. The number of aliphatic hydroxyl groups excluding tert-OH is 1. The van der Waals surface area contributed by atoms with E-state index in [4.69, 9.17) is 0 Å². The zero-order valence-electron chi connectivity index (χ0n) is 11.1. The standard InChI is InChI=1S/C15H25NO2/c17-14(12-7-3-1-4-8-12)11-16-15(18)13-9-5-2-6-10-13/h2,5,12-14,17H,1,3-4,6-11H2,(H,16,18)/t13-,14-/m1/s1. The number of carbonyl (C=O) groups excluding carboxylic acids is 1. The van der Waals surface area contributed by atoms with Crippen LogP contribution in [0.1, 0.15) is 51.4 Å². The van der Waals surface area contributed by atoms with Gasteiger partial charge < -0.3 is 10.4 Å². The Kier molecular flexibility index (Phi) is 5.24. The Morgan fingerprint density at radius 2 is 2.00 bits per heavy atom. The molecule has 3 nitrogen and oxygen atoms in total. The van der Waals surface area contributed by atoms with Crippen LogP contribution in [0.25, 0.3) is 0 Å². The van der Waals surface area contributed by atoms with Crippen LogP contribution in [0, 0.1) is 11.8 Å². The lowest BCUT2D eigenvalue weighted by Gasteiger charge is -2.27. The fraction of sp³-hybridized carbons (Fsp3) is 0.800. The summed E-state index contributed by atoms with van der Waals surface area (Å²) in [6.45, 7) is 0.434. The van der Waals surface area contributed by atoms with Gasteiger partial charge in [-0.1, -0.05) is 31.4 Å².